The lowest BCUT2D eigenvalue weighted by molar-refractivity contribution is 0.0141. The molecule has 1 aromatic heterocycles. The number of hydrogen-bond donors (Lipinski definition) is 2. The van der Waals surface area contributed by atoms with E-state index < -0.39 is 43.0 Å². The van der Waals surface area contributed by atoms with Crippen molar-refractivity contribution in [2.45, 2.75) is 44.6 Å². The molecular weight excluding hydrogens is 304 g/mol. The molecule has 1 aliphatic rings. The van der Waals surface area contributed by atoms with E-state index in [4.69, 9.17) is 0 Å². The van der Waals surface area contributed by atoms with E-state index in [1.165, 1.54) is 0 Å². The predicted molar refractivity (Wildman–Crippen MR) is 82.5 cm³/mol. The summed E-state index contributed by atoms with van der Waals surface area (Å²) in [5.41, 5.74) is 1.42. The monoisotopic (exact) mass is 327 g/mol. The molecule has 0 radical (unpaired) electrons. The SMILES string of the molecule is Cc1ccc(C(C)(C)CNC(=O)N2CC(F)(F)CC2CO)nc1. The zero-order valence-corrected chi connectivity index (χ0v) is 13.6. The number of halogens is 2. The molecule has 0 aromatic carbocycles. The molecular formula is C16H23F2N3O2. The maximum atomic E-state index is 13.4. The van der Waals surface area contributed by atoms with Crippen molar-refractivity contribution in [2.75, 3.05) is 19.7 Å². The van der Waals surface area contributed by atoms with Crippen molar-refractivity contribution < 1.29 is 18.7 Å². The quantitative estimate of drug-likeness (QED) is 0.890. The Morgan fingerprint density at radius 1 is 1.52 bits per heavy atom. The molecule has 1 saturated heterocycles. The van der Waals surface area contributed by atoms with E-state index in [9.17, 15) is 18.7 Å². The van der Waals surface area contributed by atoms with Gasteiger partial charge in [0.1, 0.15) is 0 Å². The molecule has 0 aliphatic carbocycles. The van der Waals surface area contributed by atoms with E-state index >= 15 is 0 Å². The largest absolute Gasteiger partial charge is 0.394 e. The van der Waals surface area contributed by atoms with Crippen molar-refractivity contribution in [1.82, 2.24) is 15.2 Å². The average Bonchev–Trinajstić information content (AvgIpc) is 2.80. The molecule has 2 amide bonds. The molecule has 2 heterocycles. The summed E-state index contributed by atoms with van der Waals surface area (Å²) in [6.07, 6.45) is 1.25. The van der Waals surface area contributed by atoms with Crippen LogP contribution in [0.4, 0.5) is 13.6 Å². The third-order valence-electron chi connectivity index (χ3n) is 4.13. The van der Waals surface area contributed by atoms with Crippen molar-refractivity contribution in [3.05, 3.63) is 29.6 Å². The molecule has 0 bridgehead atoms. The number of urea groups is 1. The van der Waals surface area contributed by atoms with E-state index in [1.54, 1.807) is 6.20 Å². The summed E-state index contributed by atoms with van der Waals surface area (Å²) in [6.45, 7) is 4.93. The van der Waals surface area contributed by atoms with Crippen LogP contribution >= 0.6 is 0 Å². The number of rotatable bonds is 4. The maximum Gasteiger partial charge on any atom is 0.317 e. The van der Waals surface area contributed by atoms with Gasteiger partial charge in [0.15, 0.2) is 0 Å². The van der Waals surface area contributed by atoms with Crippen LogP contribution in [0, 0.1) is 6.92 Å². The van der Waals surface area contributed by atoms with Gasteiger partial charge in [0.05, 0.1) is 19.2 Å². The first kappa shape index (κ1) is 17.6. The molecule has 1 unspecified atom stereocenters. The highest BCUT2D eigenvalue weighted by atomic mass is 19.3. The highest BCUT2D eigenvalue weighted by Gasteiger charge is 2.46. The zero-order chi connectivity index (χ0) is 17.3. The second-order valence-electron chi connectivity index (χ2n) is 6.79. The van der Waals surface area contributed by atoms with E-state index in [0.717, 1.165) is 16.2 Å². The van der Waals surface area contributed by atoms with E-state index in [-0.39, 0.29) is 6.54 Å². The Balaban J connectivity index is 1.99. The Bertz CT molecular complexity index is 561. The lowest BCUT2D eigenvalue weighted by Gasteiger charge is -2.28. The fourth-order valence-electron chi connectivity index (χ4n) is 2.66. The molecule has 7 heteroatoms. The summed E-state index contributed by atoms with van der Waals surface area (Å²) >= 11 is 0. The van der Waals surface area contributed by atoms with Gasteiger partial charge in [-0.05, 0) is 18.6 Å². The number of alkyl halides is 2. The number of likely N-dealkylation sites (tertiary alicyclic amines) is 1. The third kappa shape index (κ3) is 4.16. The smallest absolute Gasteiger partial charge is 0.317 e. The normalized spacial score (nSPS) is 20.6. The van der Waals surface area contributed by atoms with Crippen molar-refractivity contribution in [3.63, 3.8) is 0 Å². The molecule has 1 fully saturated rings. The number of aliphatic hydroxyl groups is 1. The van der Waals surface area contributed by atoms with Gasteiger partial charge < -0.3 is 15.3 Å². The molecule has 1 atom stereocenters. The van der Waals surface area contributed by atoms with Gasteiger partial charge in [0.25, 0.3) is 5.92 Å². The molecule has 1 aromatic rings. The van der Waals surface area contributed by atoms with Gasteiger partial charge in [0, 0.05) is 30.3 Å². The molecule has 2 N–H and O–H groups in total. The van der Waals surface area contributed by atoms with Gasteiger partial charge in [-0.2, -0.15) is 0 Å². The van der Waals surface area contributed by atoms with Crippen LogP contribution in [0.15, 0.2) is 18.3 Å². The van der Waals surface area contributed by atoms with Crippen molar-refractivity contribution in [3.8, 4) is 0 Å². The minimum absolute atomic E-state index is 0.266. The molecule has 1 aliphatic heterocycles. The lowest BCUT2D eigenvalue weighted by atomic mass is 9.88. The summed E-state index contributed by atoms with van der Waals surface area (Å²) < 4.78 is 26.9. The second kappa shape index (κ2) is 6.39. The summed E-state index contributed by atoms with van der Waals surface area (Å²) in [7, 11) is 0. The number of amides is 2. The summed E-state index contributed by atoms with van der Waals surface area (Å²) in [5, 5.41) is 11.9. The van der Waals surface area contributed by atoms with Crippen LogP contribution in [0.1, 0.15) is 31.5 Å². The highest BCUT2D eigenvalue weighted by Crippen LogP contribution is 2.31. The number of aryl methyl sites for hydroxylation is 1. The zero-order valence-electron chi connectivity index (χ0n) is 13.6. The second-order valence-corrected chi connectivity index (χ2v) is 6.79. The number of carbonyl (C=O) groups is 1. The third-order valence-corrected chi connectivity index (χ3v) is 4.13. The Kier molecular flexibility index (Phi) is 4.89. The van der Waals surface area contributed by atoms with Crippen LogP contribution in [0.3, 0.4) is 0 Å². The number of nitrogens with zero attached hydrogens (tertiary/aromatic N) is 2. The Labute approximate surface area is 134 Å². The molecule has 0 saturated carbocycles. The van der Waals surface area contributed by atoms with Crippen LogP contribution in [-0.2, 0) is 5.41 Å². The molecule has 128 valence electrons. The Hall–Kier alpha value is -1.76. The number of pyridine rings is 1. The minimum Gasteiger partial charge on any atom is -0.394 e. The molecule has 23 heavy (non-hydrogen) atoms. The van der Waals surface area contributed by atoms with Crippen molar-refractivity contribution >= 4 is 6.03 Å². The van der Waals surface area contributed by atoms with E-state index in [0.29, 0.717) is 0 Å². The predicted octanol–water partition coefficient (Wildman–Crippen LogP) is 2.08. The summed E-state index contributed by atoms with van der Waals surface area (Å²) in [5.74, 6) is -2.95. The topological polar surface area (TPSA) is 65.5 Å². The van der Waals surface area contributed by atoms with Crippen molar-refractivity contribution in [1.29, 1.82) is 0 Å². The summed E-state index contributed by atoms with van der Waals surface area (Å²) in [4.78, 5) is 17.6. The first-order valence-electron chi connectivity index (χ1n) is 7.61. The summed E-state index contributed by atoms with van der Waals surface area (Å²) in [6, 6.07) is 2.41. The van der Waals surface area contributed by atoms with Crippen LogP contribution in [0.2, 0.25) is 0 Å². The fraction of sp³-hybridized carbons (Fsp3) is 0.625. The number of aliphatic hydroxyl groups excluding tert-OH is 1. The lowest BCUT2D eigenvalue weighted by Crippen LogP contribution is -2.48. The van der Waals surface area contributed by atoms with Gasteiger partial charge in [-0.25, -0.2) is 13.6 Å². The molecule has 5 nitrogen and oxygen atoms in total. The first-order valence-corrected chi connectivity index (χ1v) is 7.61. The number of hydrogen-bond acceptors (Lipinski definition) is 3. The highest BCUT2D eigenvalue weighted by molar-refractivity contribution is 5.75. The van der Waals surface area contributed by atoms with Crippen LogP contribution in [0.25, 0.3) is 0 Å². The van der Waals surface area contributed by atoms with Gasteiger partial charge in [-0.1, -0.05) is 19.9 Å². The standard InChI is InChI=1S/C16H23F2N3O2/c1-11-4-5-13(19-7-11)15(2,3)9-20-14(23)21-10-16(17,18)6-12(21)8-22/h4-5,7,12,22H,6,8-10H2,1-3H3,(H,20,23). The molecule has 0 spiro atoms. The number of nitrogens with one attached hydrogen (secondary N) is 1. The maximum absolute atomic E-state index is 13.4. The van der Waals surface area contributed by atoms with Crippen molar-refractivity contribution in [2.24, 2.45) is 0 Å². The van der Waals surface area contributed by atoms with E-state index in [1.807, 2.05) is 32.9 Å². The van der Waals surface area contributed by atoms with Gasteiger partial charge in [0.2, 0.25) is 0 Å². The average molecular weight is 327 g/mol. The number of aromatic nitrogens is 1. The van der Waals surface area contributed by atoms with Gasteiger partial charge in [-0.3, -0.25) is 4.98 Å². The first-order chi connectivity index (χ1) is 10.6. The number of carbonyl (C=O) groups excluding carboxylic acids is 1. The molecule has 2 rings (SSSR count). The van der Waals surface area contributed by atoms with Gasteiger partial charge in [-0.15, -0.1) is 0 Å². The fourth-order valence-corrected chi connectivity index (χ4v) is 2.66. The van der Waals surface area contributed by atoms with E-state index in [2.05, 4.69) is 10.3 Å². The van der Waals surface area contributed by atoms with Crippen LogP contribution in [-0.4, -0.2) is 52.7 Å². The Morgan fingerprint density at radius 3 is 2.78 bits per heavy atom. The minimum atomic E-state index is -2.95. The Morgan fingerprint density at radius 2 is 2.22 bits per heavy atom. The van der Waals surface area contributed by atoms with Gasteiger partial charge >= 0.3 is 6.03 Å². The van der Waals surface area contributed by atoms with Crippen LogP contribution in [0.5, 0.6) is 0 Å². The van der Waals surface area contributed by atoms with Crippen LogP contribution < -0.4 is 5.32 Å².